The number of hydrogen-bond donors (Lipinski definition) is 2. The minimum Gasteiger partial charge on any atom is -0.382 e. The number of benzene rings is 1. The summed E-state index contributed by atoms with van der Waals surface area (Å²) in [7, 11) is 0. The third-order valence-corrected chi connectivity index (χ3v) is 5.21. The van der Waals surface area contributed by atoms with Crippen LogP contribution in [0.3, 0.4) is 0 Å². The smallest absolute Gasteiger partial charge is 0.188 e. The van der Waals surface area contributed by atoms with Gasteiger partial charge in [-0.1, -0.05) is 38.5 Å². The summed E-state index contributed by atoms with van der Waals surface area (Å²) in [6.45, 7) is 4.75. The van der Waals surface area contributed by atoms with E-state index < -0.39 is 0 Å². The molecule has 21 heavy (non-hydrogen) atoms. The second-order valence-corrected chi connectivity index (χ2v) is 7.41. The Bertz CT molecular complexity index is 562. The van der Waals surface area contributed by atoms with Gasteiger partial charge in [0.15, 0.2) is 5.16 Å². The fourth-order valence-corrected chi connectivity index (χ4v) is 3.63. The van der Waals surface area contributed by atoms with Crippen LogP contribution < -0.4 is 5.32 Å². The van der Waals surface area contributed by atoms with Gasteiger partial charge < -0.3 is 5.32 Å². The van der Waals surface area contributed by atoms with Gasteiger partial charge in [-0.05, 0) is 42.5 Å². The summed E-state index contributed by atoms with van der Waals surface area (Å²) >= 11 is 1.59. The van der Waals surface area contributed by atoms with Crippen LogP contribution in [0, 0.1) is 5.41 Å². The Hall–Kier alpha value is -1.49. The fourth-order valence-electron chi connectivity index (χ4n) is 2.94. The molecule has 1 atom stereocenters. The van der Waals surface area contributed by atoms with Crippen molar-refractivity contribution in [1.29, 1.82) is 0 Å². The zero-order chi connectivity index (χ0) is 14.7. The van der Waals surface area contributed by atoms with Crippen LogP contribution in [0.2, 0.25) is 0 Å². The average Bonchev–Trinajstić information content (AvgIpc) is 2.96. The number of H-pyrrole nitrogens is 1. The second-order valence-electron chi connectivity index (χ2n) is 6.35. The third kappa shape index (κ3) is 3.59. The summed E-state index contributed by atoms with van der Waals surface area (Å²) in [5.74, 6) is 0. The molecule has 2 aromatic rings. The van der Waals surface area contributed by atoms with E-state index in [9.17, 15) is 0 Å². The Labute approximate surface area is 130 Å². The van der Waals surface area contributed by atoms with Crippen LogP contribution in [-0.2, 0) is 0 Å². The van der Waals surface area contributed by atoms with Gasteiger partial charge in [-0.15, -0.1) is 0 Å². The van der Waals surface area contributed by atoms with E-state index in [1.165, 1.54) is 42.6 Å². The van der Waals surface area contributed by atoms with Crippen LogP contribution >= 0.6 is 11.8 Å². The predicted octanol–water partition coefficient (Wildman–Crippen LogP) is 4.34. The van der Waals surface area contributed by atoms with E-state index in [2.05, 4.69) is 58.6 Å². The van der Waals surface area contributed by atoms with Gasteiger partial charge in [-0.3, -0.25) is 5.10 Å². The van der Waals surface area contributed by atoms with Gasteiger partial charge in [0, 0.05) is 16.6 Å². The standard InChI is InChI=1S/C16H22N4S/c1-16(2)10-4-3-5-14(16)19-12-6-8-13(9-7-12)21-15-17-11-18-20-15/h6-9,11,14,19H,3-5,10H2,1-2H3,(H,17,18,20). The summed E-state index contributed by atoms with van der Waals surface area (Å²) in [5, 5.41) is 11.3. The zero-order valence-corrected chi connectivity index (χ0v) is 13.4. The highest BCUT2D eigenvalue weighted by atomic mass is 32.2. The lowest BCUT2D eigenvalue weighted by atomic mass is 9.73. The minimum absolute atomic E-state index is 0.380. The topological polar surface area (TPSA) is 53.6 Å². The first-order valence-electron chi connectivity index (χ1n) is 7.53. The van der Waals surface area contributed by atoms with Crippen molar-refractivity contribution in [1.82, 2.24) is 15.2 Å². The number of nitrogens with one attached hydrogen (secondary N) is 2. The van der Waals surface area contributed by atoms with Crippen LogP contribution in [0.15, 0.2) is 40.6 Å². The molecule has 1 aliphatic rings. The summed E-state index contributed by atoms with van der Waals surface area (Å²) in [6, 6.07) is 9.14. The van der Waals surface area contributed by atoms with Gasteiger partial charge >= 0.3 is 0 Å². The van der Waals surface area contributed by atoms with Crippen molar-refractivity contribution < 1.29 is 0 Å². The van der Waals surface area contributed by atoms with Crippen molar-refractivity contribution in [2.75, 3.05) is 5.32 Å². The maximum Gasteiger partial charge on any atom is 0.188 e. The van der Waals surface area contributed by atoms with Crippen LogP contribution in [0.25, 0.3) is 0 Å². The quantitative estimate of drug-likeness (QED) is 0.882. The number of rotatable bonds is 4. The SMILES string of the molecule is CC1(C)CCCCC1Nc1ccc(Sc2ncn[nH]2)cc1. The molecule has 1 aromatic carbocycles. The Kier molecular flexibility index (Phi) is 4.19. The number of anilines is 1. The highest BCUT2D eigenvalue weighted by Gasteiger charge is 2.31. The highest BCUT2D eigenvalue weighted by Crippen LogP contribution is 2.37. The second kappa shape index (κ2) is 6.10. The van der Waals surface area contributed by atoms with E-state index >= 15 is 0 Å². The molecule has 0 saturated heterocycles. The van der Waals surface area contributed by atoms with Crippen LogP contribution in [0.1, 0.15) is 39.5 Å². The van der Waals surface area contributed by atoms with Crippen molar-refractivity contribution in [2.24, 2.45) is 5.41 Å². The Balaban J connectivity index is 1.64. The monoisotopic (exact) mass is 302 g/mol. The molecule has 4 nitrogen and oxygen atoms in total. The molecule has 0 spiro atoms. The number of nitrogens with zero attached hydrogens (tertiary/aromatic N) is 2. The van der Waals surface area contributed by atoms with Crippen molar-refractivity contribution >= 4 is 17.4 Å². The first-order chi connectivity index (χ1) is 10.1. The molecule has 1 heterocycles. The van der Waals surface area contributed by atoms with Gasteiger partial charge in [-0.2, -0.15) is 5.10 Å². The van der Waals surface area contributed by atoms with Crippen LogP contribution in [0.4, 0.5) is 5.69 Å². The van der Waals surface area contributed by atoms with Gasteiger partial charge in [0.05, 0.1) is 0 Å². The largest absolute Gasteiger partial charge is 0.382 e. The maximum atomic E-state index is 4.13. The molecule has 0 bridgehead atoms. The molecule has 2 N–H and O–H groups in total. The fraction of sp³-hybridized carbons (Fsp3) is 0.500. The maximum absolute atomic E-state index is 4.13. The van der Waals surface area contributed by atoms with Gasteiger partial charge in [0.25, 0.3) is 0 Å². The molecule has 1 unspecified atom stereocenters. The van der Waals surface area contributed by atoms with Gasteiger partial charge in [0.2, 0.25) is 0 Å². The van der Waals surface area contributed by atoms with Crippen molar-refractivity contribution in [3.8, 4) is 0 Å². The molecule has 112 valence electrons. The van der Waals surface area contributed by atoms with Gasteiger partial charge in [0.1, 0.15) is 6.33 Å². The molecule has 5 heteroatoms. The van der Waals surface area contributed by atoms with E-state index in [-0.39, 0.29) is 0 Å². The number of aromatic nitrogens is 3. The average molecular weight is 302 g/mol. The minimum atomic E-state index is 0.380. The molecular formula is C16H22N4S. The summed E-state index contributed by atoms with van der Waals surface area (Å²) < 4.78 is 0. The molecule has 3 rings (SSSR count). The first kappa shape index (κ1) is 14.4. The number of hydrogen-bond acceptors (Lipinski definition) is 4. The van der Waals surface area contributed by atoms with E-state index in [4.69, 9.17) is 0 Å². The lowest BCUT2D eigenvalue weighted by Crippen LogP contribution is -2.38. The van der Waals surface area contributed by atoms with E-state index in [1.807, 2.05) is 0 Å². The van der Waals surface area contributed by atoms with Crippen LogP contribution in [-0.4, -0.2) is 21.2 Å². The molecular weight excluding hydrogens is 280 g/mol. The predicted molar refractivity (Wildman–Crippen MR) is 86.6 cm³/mol. The van der Waals surface area contributed by atoms with Gasteiger partial charge in [-0.25, -0.2) is 4.98 Å². The lowest BCUT2D eigenvalue weighted by molar-refractivity contribution is 0.217. The summed E-state index contributed by atoms with van der Waals surface area (Å²) in [6.07, 6.45) is 6.80. The van der Waals surface area contributed by atoms with E-state index in [1.54, 1.807) is 11.8 Å². The normalized spacial score (nSPS) is 21.1. The summed E-state index contributed by atoms with van der Waals surface area (Å²) in [5.41, 5.74) is 1.59. The van der Waals surface area contributed by atoms with Crippen molar-refractivity contribution in [3.05, 3.63) is 30.6 Å². The Morgan fingerprint density at radius 1 is 1.24 bits per heavy atom. The lowest BCUT2D eigenvalue weighted by Gasteiger charge is -2.39. The van der Waals surface area contributed by atoms with E-state index in [0.717, 1.165) is 5.16 Å². The van der Waals surface area contributed by atoms with Crippen LogP contribution in [0.5, 0.6) is 0 Å². The first-order valence-corrected chi connectivity index (χ1v) is 8.35. The molecule has 0 aliphatic heterocycles. The molecule has 0 radical (unpaired) electrons. The van der Waals surface area contributed by atoms with E-state index in [0.29, 0.717) is 11.5 Å². The van der Waals surface area contributed by atoms with Crippen molar-refractivity contribution in [3.63, 3.8) is 0 Å². The third-order valence-electron chi connectivity index (χ3n) is 4.31. The number of aromatic amines is 1. The zero-order valence-electron chi connectivity index (χ0n) is 12.6. The molecule has 1 saturated carbocycles. The molecule has 1 aliphatic carbocycles. The van der Waals surface area contributed by atoms with Crippen molar-refractivity contribution in [2.45, 2.75) is 55.6 Å². The Morgan fingerprint density at radius 2 is 2.05 bits per heavy atom. The molecule has 1 fully saturated rings. The summed E-state index contributed by atoms with van der Waals surface area (Å²) in [4.78, 5) is 5.29. The highest BCUT2D eigenvalue weighted by molar-refractivity contribution is 7.99. The Morgan fingerprint density at radius 3 is 2.71 bits per heavy atom. The molecule has 1 aromatic heterocycles. The molecule has 0 amide bonds.